The summed E-state index contributed by atoms with van der Waals surface area (Å²) in [7, 11) is -3.67. The molecule has 112 valence electrons. The molecule has 21 heavy (non-hydrogen) atoms. The van der Waals surface area contributed by atoms with Crippen molar-refractivity contribution in [2.45, 2.75) is 30.8 Å². The van der Waals surface area contributed by atoms with Gasteiger partial charge >= 0.3 is 0 Å². The Hall–Kier alpha value is -1.69. The first-order valence-corrected chi connectivity index (χ1v) is 8.36. The van der Waals surface area contributed by atoms with E-state index in [-0.39, 0.29) is 17.0 Å². The molecule has 0 saturated heterocycles. The molecule has 0 aromatic heterocycles. The van der Waals surface area contributed by atoms with E-state index >= 15 is 0 Å². The van der Waals surface area contributed by atoms with Gasteiger partial charge in [0, 0.05) is 12.1 Å². The number of nitrogens with two attached hydrogens (primary N) is 1. The minimum Gasteiger partial charge on any atom is -0.304 e. The highest BCUT2D eigenvalue weighted by Crippen LogP contribution is 2.21. The van der Waals surface area contributed by atoms with Gasteiger partial charge in [-0.15, -0.1) is 0 Å². The van der Waals surface area contributed by atoms with Gasteiger partial charge in [-0.3, -0.25) is 0 Å². The molecule has 0 bridgehead atoms. The Balaban J connectivity index is 2.16. The van der Waals surface area contributed by atoms with Crippen molar-refractivity contribution in [3.63, 3.8) is 0 Å². The van der Waals surface area contributed by atoms with Gasteiger partial charge in [-0.2, -0.15) is 0 Å². The maximum atomic E-state index is 11.4. The van der Waals surface area contributed by atoms with Gasteiger partial charge in [0.2, 0.25) is 10.0 Å². The van der Waals surface area contributed by atoms with E-state index in [0.29, 0.717) is 0 Å². The smallest absolute Gasteiger partial charge is 0.238 e. The van der Waals surface area contributed by atoms with E-state index < -0.39 is 10.0 Å². The second-order valence-electron chi connectivity index (χ2n) is 5.14. The third kappa shape index (κ3) is 4.14. The lowest BCUT2D eigenvalue weighted by molar-refractivity contribution is 0.494. The summed E-state index contributed by atoms with van der Waals surface area (Å²) < 4.78 is 22.8. The second kappa shape index (κ2) is 6.39. The van der Waals surface area contributed by atoms with Gasteiger partial charge in [0.15, 0.2) is 0 Å². The molecule has 0 aliphatic carbocycles. The molecule has 0 fully saturated rings. The Kier molecular flexibility index (Phi) is 4.77. The summed E-state index contributed by atoms with van der Waals surface area (Å²) in [5.41, 5.74) is 2.08. The maximum Gasteiger partial charge on any atom is 0.238 e. The summed E-state index contributed by atoms with van der Waals surface area (Å²) in [6, 6.07) is 17.0. The van der Waals surface area contributed by atoms with Crippen LogP contribution in [0.4, 0.5) is 0 Å². The van der Waals surface area contributed by atoms with E-state index in [1.165, 1.54) is 11.6 Å². The van der Waals surface area contributed by atoms with Gasteiger partial charge in [0.05, 0.1) is 4.90 Å². The van der Waals surface area contributed by atoms with Crippen LogP contribution in [0.1, 0.15) is 37.1 Å². The van der Waals surface area contributed by atoms with Gasteiger partial charge in [-0.25, -0.2) is 13.6 Å². The first-order valence-electron chi connectivity index (χ1n) is 6.81. The molecule has 4 nitrogen and oxygen atoms in total. The van der Waals surface area contributed by atoms with Crippen molar-refractivity contribution in [2.24, 2.45) is 5.14 Å². The molecule has 2 atom stereocenters. The van der Waals surface area contributed by atoms with Crippen LogP contribution < -0.4 is 10.5 Å². The second-order valence-corrected chi connectivity index (χ2v) is 6.70. The van der Waals surface area contributed by atoms with Crippen molar-refractivity contribution in [3.05, 3.63) is 65.7 Å². The molecule has 0 heterocycles. The molecule has 0 radical (unpaired) electrons. The van der Waals surface area contributed by atoms with Gasteiger partial charge in [-0.1, -0.05) is 42.5 Å². The fraction of sp³-hybridized carbons (Fsp3) is 0.250. The average molecular weight is 304 g/mol. The average Bonchev–Trinajstić information content (AvgIpc) is 2.47. The molecule has 3 N–H and O–H groups in total. The van der Waals surface area contributed by atoms with Crippen LogP contribution in [0, 0.1) is 0 Å². The monoisotopic (exact) mass is 304 g/mol. The topological polar surface area (TPSA) is 72.2 Å². The predicted molar refractivity (Wildman–Crippen MR) is 84.2 cm³/mol. The quantitative estimate of drug-likeness (QED) is 0.892. The number of primary sulfonamides is 1. The summed E-state index contributed by atoms with van der Waals surface area (Å²) in [5, 5.41) is 8.63. The number of hydrogen-bond donors (Lipinski definition) is 2. The lowest BCUT2D eigenvalue weighted by Gasteiger charge is -2.21. The van der Waals surface area contributed by atoms with E-state index in [1.807, 2.05) is 31.2 Å². The number of benzene rings is 2. The largest absolute Gasteiger partial charge is 0.304 e. The Morgan fingerprint density at radius 1 is 0.905 bits per heavy atom. The van der Waals surface area contributed by atoms with Gasteiger partial charge in [0.25, 0.3) is 0 Å². The summed E-state index contributed by atoms with van der Waals surface area (Å²) >= 11 is 0. The Morgan fingerprint density at radius 3 is 2.10 bits per heavy atom. The van der Waals surface area contributed by atoms with Crippen LogP contribution in [0.15, 0.2) is 59.5 Å². The zero-order valence-corrected chi connectivity index (χ0v) is 13.0. The SMILES string of the molecule is CC(NC(C)c1cccc(S(N)(=O)=O)c1)c1ccccc1. The normalized spacial score (nSPS) is 14.6. The van der Waals surface area contributed by atoms with E-state index in [0.717, 1.165) is 5.56 Å². The number of sulfonamides is 1. The first kappa shape index (κ1) is 15.7. The van der Waals surface area contributed by atoms with Crippen LogP contribution in [-0.4, -0.2) is 8.42 Å². The fourth-order valence-corrected chi connectivity index (χ4v) is 2.84. The Morgan fingerprint density at radius 2 is 1.48 bits per heavy atom. The minimum atomic E-state index is -3.67. The Labute approximate surface area is 126 Å². The summed E-state index contributed by atoms with van der Waals surface area (Å²) in [6.45, 7) is 4.08. The molecule has 2 rings (SSSR count). The van der Waals surface area contributed by atoms with Gasteiger partial charge < -0.3 is 5.32 Å². The summed E-state index contributed by atoms with van der Waals surface area (Å²) in [6.07, 6.45) is 0. The molecule has 5 heteroatoms. The Bertz CT molecular complexity index is 699. The third-order valence-electron chi connectivity index (χ3n) is 3.49. The van der Waals surface area contributed by atoms with Crippen LogP contribution in [0.25, 0.3) is 0 Å². The van der Waals surface area contributed by atoms with Crippen molar-refractivity contribution in [1.29, 1.82) is 0 Å². The van der Waals surface area contributed by atoms with Crippen molar-refractivity contribution in [2.75, 3.05) is 0 Å². The van der Waals surface area contributed by atoms with E-state index in [2.05, 4.69) is 24.4 Å². The van der Waals surface area contributed by atoms with E-state index in [1.54, 1.807) is 12.1 Å². The molecule has 0 spiro atoms. The molecule has 0 amide bonds. The molecule has 2 aromatic carbocycles. The fourth-order valence-electron chi connectivity index (χ4n) is 2.27. The van der Waals surface area contributed by atoms with Crippen molar-refractivity contribution >= 4 is 10.0 Å². The summed E-state index contributed by atoms with van der Waals surface area (Å²) in [5.74, 6) is 0. The maximum absolute atomic E-state index is 11.4. The predicted octanol–water partition coefficient (Wildman–Crippen LogP) is 2.75. The lowest BCUT2D eigenvalue weighted by Crippen LogP contribution is -2.23. The molecule has 0 aliphatic rings. The standard InChI is InChI=1S/C16H20N2O2S/c1-12(14-7-4-3-5-8-14)18-13(2)15-9-6-10-16(11-15)21(17,19)20/h3-13,18H,1-2H3,(H2,17,19,20). The van der Waals surface area contributed by atoms with E-state index in [9.17, 15) is 8.42 Å². The summed E-state index contributed by atoms with van der Waals surface area (Å²) in [4.78, 5) is 0.140. The van der Waals surface area contributed by atoms with E-state index in [4.69, 9.17) is 5.14 Å². The molecule has 2 unspecified atom stereocenters. The highest BCUT2D eigenvalue weighted by Gasteiger charge is 2.14. The third-order valence-corrected chi connectivity index (χ3v) is 4.40. The zero-order chi connectivity index (χ0) is 15.5. The molecule has 0 saturated carbocycles. The zero-order valence-electron chi connectivity index (χ0n) is 12.2. The highest BCUT2D eigenvalue weighted by molar-refractivity contribution is 7.89. The highest BCUT2D eigenvalue weighted by atomic mass is 32.2. The molecule has 2 aromatic rings. The molecular weight excluding hydrogens is 284 g/mol. The van der Waals surface area contributed by atoms with Crippen LogP contribution in [0.3, 0.4) is 0 Å². The van der Waals surface area contributed by atoms with Crippen molar-refractivity contribution in [3.8, 4) is 0 Å². The van der Waals surface area contributed by atoms with Gasteiger partial charge in [0.1, 0.15) is 0 Å². The molecule has 0 aliphatic heterocycles. The minimum absolute atomic E-state index is 0.0157. The number of hydrogen-bond acceptors (Lipinski definition) is 3. The van der Waals surface area contributed by atoms with Crippen LogP contribution in [-0.2, 0) is 10.0 Å². The van der Waals surface area contributed by atoms with Crippen molar-refractivity contribution < 1.29 is 8.42 Å². The van der Waals surface area contributed by atoms with Crippen LogP contribution in [0.5, 0.6) is 0 Å². The van der Waals surface area contributed by atoms with Crippen LogP contribution >= 0.6 is 0 Å². The number of rotatable bonds is 5. The lowest BCUT2D eigenvalue weighted by atomic mass is 10.0. The van der Waals surface area contributed by atoms with Crippen LogP contribution in [0.2, 0.25) is 0 Å². The number of nitrogens with one attached hydrogen (secondary N) is 1. The van der Waals surface area contributed by atoms with Crippen molar-refractivity contribution in [1.82, 2.24) is 5.32 Å². The van der Waals surface area contributed by atoms with Gasteiger partial charge in [-0.05, 0) is 37.1 Å². The first-order chi connectivity index (χ1) is 9.88. The molecular formula is C16H20N2O2S.